The van der Waals surface area contributed by atoms with Crippen LogP contribution < -0.4 is 0 Å². The minimum atomic E-state index is 0.725. The van der Waals surface area contributed by atoms with Gasteiger partial charge in [-0.2, -0.15) is 0 Å². The fourth-order valence-electron chi connectivity index (χ4n) is 2.23. The van der Waals surface area contributed by atoms with E-state index in [4.69, 9.17) is 0 Å². The van der Waals surface area contributed by atoms with E-state index in [1.807, 2.05) is 46.4 Å². The normalized spacial score (nSPS) is 11.4. The summed E-state index contributed by atoms with van der Waals surface area (Å²) in [6.07, 6.45) is 5.36. The van der Waals surface area contributed by atoms with E-state index in [-0.39, 0.29) is 0 Å². The molecule has 0 aliphatic carbocycles. The number of benzene rings is 1. The average Bonchev–Trinajstić information content (AvgIpc) is 3.03. The van der Waals surface area contributed by atoms with Crippen LogP contribution in [0.2, 0.25) is 0 Å². The van der Waals surface area contributed by atoms with Crippen LogP contribution in [0.1, 0.15) is 5.82 Å². The summed E-state index contributed by atoms with van der Waals surface area (Å²) in [5, 5.41) is 8.27. The number of nitrogens with zero attached hydrogens (tertiary/aromatic N) is 6. The Kier molecular flexibility index (Phi) is 1.94. The molecule has 0 spiro atoms. The number of rotatable bonds is 1. The molecule has 3 heterocycles. The van der Waals surface area contributed by atoms with Crippen LogP contribution in [-0.2, 0) is 0 Å². The molecule has 0 N–H and O–H groups in total. The SMILES string of the molecule is Cc1nnc2c(-n3cnc4ccccc43)nccn12. The Bertz CT molecular complexity index is 888. The lowest BCUT2D eigenvalue weighted by Gasteiger charge is -2.04. The molecule has 0 unspecified atom stereocenters. The largest absolute Gasteiger partial charge is 0.282 e. The quantitative estimate of drug-likeness (QED) is 0.516. The molecule has 1 aromatic carbocycles. The van der Waals surface area contributed by atoms with Crippen molar-refractivity contribution in [2.24, 2.45) is 0 Å². The first kappa shape index (κ1) is 10.2. The van der Waals surface area contributed by atoms with Gasteiger partial charge in [0.15, 0.2) is 5.82 Å². The van der Waals surface area contributed by atoms with Crippen LogP contribution in [-0.4, -0.2) is 29.1 Å². The van der Waals surface area contributed by atoms with Gasteiger partial charge in [-0.3, -0.25) is 8.97 Å². The second kappa shape index (κ2) is 3.61. The average molecular weight is 250 g/mol. The van der Waals surface area contributed by atoms with Gasteiger partial charge in [-0.15, -0.1) is 10.2 Å². The van der Waals surface area contributed by atoms with Crippen LogP contribution in [0.4, 0.5) is 0 Å². The van der Waals surface area contributed by atoms with Gasteiger partial charge in [-0.1, -0.05) is 12.1 Å². The van der Waals surface area contributed by atoms with Gasteiger partial charge >= 0.3 is 0 Å². The van der Waals surface area contributed by atoms with E-state index in [0.29, 0.717) is 0 Å². The van der Waals surface area contributed by atoms with Gasteiger partial charge in [0, 0.05) is 12.4 Å². The lowest BCUT2D eigenvalue weighted by Crippen LogP contribution is -2.00. The Morgan fingerprint density at radius 3 is 2.89 bits per heavy atom. The molecule has 0 aliphatic heterocycles. The van der Waals surface area contributed by atoms with Crippen LogP contribution in [0.3, 0.4) is 0 Å². The summed E-state index contributed by atoms with van der Waals surface area (Å²) in [6, 6.07) is 7.93. The van der Waals surface area contributed by atoms with Crippen molar-refractivity contribution in [3.63, 3.8) is 0 Å². The molecule has 0 bridgehead atoms. The molecule has 0 amide bonds. The molecular weight excluding hydrogens is 240 g/mol. The zero-order chi connectivity index (χ0) is 12.8. The van der Waals surface area contributed by atoms with Gasteiger partial charge in [-0.05, 0) is 19.1 Å². The van der Waals surface area contributed by atoms with Gasteiger partial charge < -0.3 is 0 Å². The van der Waals surface area contributed by atoms with E-state index in [2.05, 4.69) is 20.2 Å². The topological polar surface area (TPSA) is 60.9 Å². The first-order valence-corrected chi connectivity index (χ1v) is 5.93. The van der Waals surface area contributed by atoms with Crippen molar-refractivity contribution in [1.29, 1.82) is 0 Å². The molecule has 0 fully saturated rings. The molecule has 0 aliphatic rings. The summed E-state index contributed by atoms with van der Waals surface area (Å²) in [4.78, 5) is 8.79. The van der Waals surface area contributed by atoms with Crippen molar-refractivity contribution in [1.82, 2.24) is 29.1 Å². The molecule has 19 heavy (non-hydrogen) atoms. The molecule has 4 rings (SSSR count). The van der Waals surface area contributed by atoms with E-state index in [0.717, 1.165) is 28.3 Å². The second-order valence-corrected chi connectivity index (χ2v) is 4.29. The Balaban J connectivity index is 2.09. The number of aryl methyl sites for hydroxylation is 1. The third-order valence-corrected chi connectivity index (χ3v) is 3.16. The van der Waals surface area contributed by atoms with Crippen molar-refractivity contribution in [2.75, 3.05) is 0 Å². The highest BCUT2D eigenvalue weighted by Gasteiger charge is 2.11. The maximum Gasteiger partial charge on any atom is 0.204 e. The summed E-state index contributed by atoms with van der Waals surface area (Å²) in [5.41, 5.74) is 2.66. The predicted molar refractivity (Wildman–Crippen MR) is 70.1 cm³/mol. The smallest absolute Gasteiger partial charge is 0.204 e. The lowest BCUT2D eigenvalue weighted by molar-refractivity contribution is 0.975. The van der Waals surface area contributed by atoms with Crippen LogP contribution in [0, 0.1) is 6.92 Å². The van der Waals surface area contributed by atoms with Gasteiger partial charge in [0.25, 0.3) is 0 Å². The third kappa shape index (κ3) is 1.36. The summed E-state index contributed by atoms with van der Waals surface area (Å²) in [5.74, 6) is 1.57. The van der Waals surface area contributed by atoms with E-state index in [1.165, 1.54) is 0 Å². The van der Waals surface area contributed by atoms with E-state index in [1.54, 1.807) is 12.5 Å². The van der Waals surface area contributed by atoms with Gasteiger partial charge in [0.1, 0.15) is 12.2 Å². The van der Waals surface area contributed by atoms with Gasteiger partial charge in [-0.25, -0.2) is 9.97 Å². The number of para-hydroxylation sites is 2. The number of hydrogen-bond acceptors (Lipinski definition) is 4. The number of hydrogen-bond donors (Lipinski definition) is 0. The highest BCUT2D eigenvalue weighted by molar-refractivity contribution is 5.78. The molecule has 0 atom stereocenters. The summed E-state index contributed by atoms with van der Waals surface area (Å²) in [7, 11) is 0. The number of aromatic nitrogens is 6. The predicted octanol–water partition coefficient (Wildman–Crippen LogP) is 1.77. The number of imidazole rings is 1. The van der Waals surface area contributed by atoms with Gasteiger partial charge in [0.2, 0.25) is 5.65 Å². The molecule has 92 valence electrons. The Morgan fingerprint density at radius 2 is 1.95 bits per heavy atom. The standard InChI is InChI=1S/C13H10N6/c1-9-16-17-13-12(14-6-7-18(9)13)19-8-15-10-4-2-3-5-11(10)19/h2-8H,1H3. The third-order valence-electron chi connectivity index (χ3n) is 3.16. The van der Waals surface area contributed by atoms with Crippen LogP contribution in [0.5, 0.6) is 0 Å². The Hall–Kier alpha value is -2.76. The van der Waals surface area contributed by atoms with E-state index >= 15 is 0 Å². The molecule has 0 saturated carbocycles. The molecule has 6 nitrogen and oxygen atoms in total. The number of fused-ring (bicyclic) bond motifs is 2. The van der Waals surface area contributed by atoms with E-state index in [9.17, 15) is 0 Å². The molecule has 6 heteroatoms. The molecular formula is C13H10N6. The van der Waals surface area contributed by atoms with Crippen molar-refractivity contribution in [3.05, 3.63) is 48.8 Å². The highest BCUT2D eigenvalue weighted by atomic mass is 15.3. The van der Waals surface area contributed by atoms with E-state index < -0.39 is 0 Å². The zero-order valence-electron chi connectivity index (χ0n) is 10.2. The highest BCUT2D eigenvalue weighted by Crippen LogP contribution is 2.19. The molecule has 4 aromatic rings. The summed E-state index contributed by atoms with van der Waals surface area (Å²) in [6.45, 7) is 1.91. The minimum Gasteiger partial charge on any atom is -0.282 e. The fourth-order valence-corrected chi connectivity index (χ4v) is 2.23. The first-order valence-electron chi connectivity index (χ1n) is 5.93. The minimum absolute atomic E-state index is 0.725. The lowest BCUT2D eigenvalue weighted by atomic mass is 10.3. The van der Waals surface area contributed by atoms with Crippen molar-refractivity contribution in [3.8, 4) is 5.82 Å². The summed E-state index contributed by atoms with van der Waals surface area (Å²) < 4.78 is 3.84. The van der Waals surface area contributed by atoms with Crippen LogP contribution in [0.15, 0.2) is 43.0 Å². The van der Waals surface area contributed by atoms with Crippen LogP contribution >= 0.6 is 0 Å². The molecule has 0 saturated heterocycles. The Morgan fingerprint density at radius 1 is 1.05 bits per heavy atom. The Labute approximate surface area is 108 Å². The summed E-state index contributed by atoms with van der Waals surface area (Å²) >= 11 is 0. The molecule has 0 radical (unpaired) electrons. The maximum absolute atomic E-state index is 4.41. The van der Waals surface area contributed by atoms with Crippen molar-refractivity contribution >= 4 is 16.7 Å². The van der Waals surface area contributed by atoms with Crippen LogP contribution in [0.25, 0.3) is 22.5 Å². The maximum atomic E-state index is 4.41. The second-order valence-electron chi connectivity index (χ2n) is 4.29. The van der Waals surface area contributed by atoms with Gasteiger partial charge in [0.05, 0.1) is 11.0 Å². The molecule has 3 aromatic heterocycles. The van der Waals surface area contributed by atoms with Crippen molar-refractivity contribution < 1.29 is 0 Å². The first-order chi connectivity index (χ1) is 9.34. The monoisotopic (exact) mass is 250 g/mol. The fraction of sp³-hybridized carbons (Fsp3) is 0.0769. The van der Waals surface area contributed by atoms with Crippen molar-refractivity contribution in [2.45, 2.75) is 6.92 Å². The zero-order valence-corrected chi connectivity index (χ0v) is 10.2.